The van der Waals surface area contributed by atoms with Crippen LogP contribution in [0.5, 0.6) is 0 Å². The summed E-state index contributed by atoms with van der Waals surface area (Å²) in [5, 5.41) is 0. The van der Waals surface area contributed by atoms with Crippen LogP contribution in [0, 0.1) is 0 Å². The van der Waals surface area contributed by atoms with Gasteiger partial charge in [-0.3, -0.25) is 4.90 Å². The Morgan fingerprint density at radius 2 is 1.62 bits per heavy atom. The SMILES string of the molecule is C[C@@H](OC(=O)N1C(C)(C)CCC12CCCCC2)[Si](C)(C)C. The van der Waals surface area contributed by atoms with E-state index in [-0.39, 0.29) is 22.9 Å². The molecule has 1 atom stereocenters. The topological polar surface area (TPSA) is 29.5 Å². The molecule has 1 saturated heterocycles. The van der Waals surface area contributed by atoms with Gasteiger partial charge in [0.1, 0.15) is 0 Å². The van der Waals surface area contributed by atoms with E-state index >= 15 is 0 Å². The summed E-state index contributed by atoms with van der Waals surface area (Å²) in [6, 6.07) is 0. The van der Waals surface area contributed by atoms with Crippen molar-refractivity contribution in [2.75, 3.05) is 0 Å². The molecule has 0 N–H and O–H groups in total. The number of ether oxygens (including phenoxy) is 1. The number of rotatable bonds is 2. The molecule has 3 nitrogen and oxygen atoms in total. The van der Waals surface area contributed by atoms with Gasteiger partial charge in [-0.15, -0.1) is 0 Å². The minimum Gasteiger partial charge on any atom is -0.450 e. The Kier molecular flexibility index (Phi) is 4.49. The fourth-order valence-electron chi connectivity index (χ4n) is 3.91. The van der Waals surface area contributed by atoms with Crippen molar-refractivity contribution < 1.29 is 9.53 Å². The van der Waals surface area contributed by atoms with Crippen LogP contribution in [-0.4, -0.2) is 35.9 Å². The Balaban J connectivity index is 2.18. The molecule has 0 aromatic carbocycles. The molecule has 1 spiro atoms. The maximum atomic E-state index is 12.9. The Morgan fingerprint density at radius 1 is 1.05 bits per heavy atom. The van der Waals surface area contributed by atoms with Crippen LogP contribution in [0.15, 0.2) is 0 Å². The minimum atomic E-state index is -1.45. The number of hydrogen-bond acceptors (Lipinski definition) is 2. The molecule has 122 valence electrons. The third-order valence-electron chi connectivity index (χ3n) is 5.75. The number of nitrogens with zero attached hydrogens (tertiary/aromatic N) is 1. The zero-order chi connectivity index (χ0) is 15.9. The van der Waals surface area contributed by atoms with Crippen molar-refractivity contribution in [1.29, 1.82) is 0 Å². The summed E-state index contributed by atoms with van der Waals surface area (Å²) in [5.41, 5.74) is 0.0908. The van der Waals surface area contributed by atoms with E-state index < -0.39 is 8.07 Å². The smallest absolute Gasteiger partial charge is 0.410 e. The van der Waals surface area contributed by atoms with Gasteiger partial charge in [-0.25, -0.2) is 4.79 Å². The Hall–Kier alpha value is -0.513. The highest BCUT2D eigenvalue weighted by atomic mass is 28.3. The number of carbonyl (C=O) groups is 1. The van der Waals surface area contributed by atoms with Crippen molar-refractivity contribution in [3.05, 3.63) is 0 Å². The lowest BCUT2D eigenvalue weighted by atomic mass is 9.80. The molecule has 0 bridgehead atoms. The fourth-order valence-corrected chi connectivity index (χ4v) is 4.36. The molecule has 2 rings (SSSR count). The average molecular weight is 312 g/mol. The van der Waals surface area contributed by atoms with Gasteiger partial charge < -0.3 is 4.74 Å². The van der Waals surface area contributed by atoms with Gasteiger partial charge in [0.05, 0.1) is 13.8 Å². The monoisotopic (exact) mass is 311 g/mol. The zero-order valence-electron chi connectivity index (χ0n) is 14.8. The van der Waals surface area contributed by atoms with Crippen molar-refractivity contribution in [3.63, 3.8) is 0 Å². The summed E-state index contributed by atoms with van der Waals surface area (Å²) >= 11 is 0. The van der Waals surface area contributed by atoms with Crippen molar-refractivity contribution in [2.24, 2.45) is 0 Å². The van der Waals surface area contributed by atoms with E-state index in [1.54, 1.807) is 0 Å². The van der Waals surface area contributed by atoms with E-state index in [0.717, 1.165) is 25.7 Å². The van der Waals surface area contributed by atoms with Gasteiger partial charge in [0.25, 0.3) is 0 Å². The molecule has 1 aliphatic carbocycles. The van der Waals surface area contributed by atoms with Crippen molar-refractivity contribution >= 4 is 14.2 Å². The van der Waals surface area contributed by atoms with Gasteiger partial charge in [-0.1, -0.05) is 38.9 Å². The van der Waals surface area contributed by atoms with E-state index in [1.807, 2.05) is 0 Å². The second-order valence-corrected chi connectivity index (χ2v) is 14.4. The average Bonchev–Trinajstić information content (AvgIpc) is 2.60. The molecule has 2 fully saturated rings. The summed E-state index contributed by atoms with van der Waals surface area (Å²) < 4.78 is 5.91. The van der Waals surface area contributed by atoms with Crippen molar-refractivity contribution in [3.8, 4) is 0 Å². The van der Waals surface area contributed by atoms with Crippen LogP contribution in [-0.2, 0) is 4.74 Å². The minimum absolute atomic E-state index is 0.0608. The first kappa shape index (κ1) is 16.9. The van der Waals surface area contributed by atoms with Crippen LogP contribution in [0.25, 0.3) is 0 Å². The normalized spacial score (nSPS) is 25.9. The second kappa shape index (κ2) is 5.60. The van der Waals surface area contributed by atoms with Crippen LogP contribution < -0.4 is 0 Å². The third kappa shape index (κ3) is 3.30. The Labute approximate surface area is 131 Å². The number of carbonyl (C=O) groups excluding carboxylic acids is 1. The first-order valence-electron chi connectivity index (χ1n) is 8.60. The van der Waals surface area contributed by atoms with Gasteiger partial charge in [-0.2, -0.15) is 0 Å². The van der Waals surface area contributed by atoms with Crippen LogP contribution >= 0.6 is 0 Å². The van der Waals surface area contributed by atoms with Gasteiger partial charge in [0.2, 0.25) is 0 Å². The molecule has 1 amide bonds. The lowest BCUT2D eigenvalue weighted by Gasteiger charge is -2.46. The predicted octanol–water partition coefficient (Wildman–Crippen LogP) is 4.97. The van der Waals surface area contributed by atoms with Gasteiger partial charge in [-0.05, 0) is 46.5 Å². The first-order valence-corrected chi connectivity index (χ1v) is 12.2. The largest absolute Gasteiger partial charge is 0.450 e. The molecule has 0 unspecified atom stereocenters. The van der Waals surface area contributed by atoms with Crippen LogP contribution in [0.1, 0.15) is 65.7 Å². The molecule has 4 heteroatoms. The molecular formula is C17H33NO2Si. The lowest BCUT2D eigenvalue weighted by molar-refractivity contribution is 0.0103. The van der Waals surface area contributed by atoms with Gasteiger partial charge in [0.15, 0.2) is 0 Å². The van der Waals surface area contributed by atoms with Crippen molar-refractivity contribution in [2.45, 2.75) is 102 Å². The summed E-state index contributed by atoms with van der Waals surface area (Å²) in [5.74, 6) is 0. The summed E-state index contributed by atoms with van der Waals surface area (Å²) in [6.07, 6.45) is 8.33. The molecule has 0 aromatic heterocycles. The highest BCUT2D eigenvalue weighted by Crippen LogP contribution is 2.49. The van der Waals surface area contributed by atoms with Gasteiger partial charge in [0, 0.05) is 11.1 Å². The number of amides is 1. The molecular weight excluding hydrogens is 278 g/mol. The number of likely N-dealkylation sites (tertiary alicyclic amines) is 1. The standard InChI is InChI=1S/C17H33NO2Si/c1-14(21(4,5)6)20-15(19)18-16(2,3)12-13-17(18)10-8-7-9-11-17/h14H,7-13H2,1-6H3/t14-/m0/s1. The predicted molar refractivity (Wildman–Crippen MR) is 90.3 cm³/mol. The highest BCUT2D eigenvalue weighted by Gasteiger charge is 2.53. The quantitative estimate of drug-likeness (QED) is 0.674. The second-order valence-electron chi connectivity index (χ2n) is 8.82. The molecule has 1 saturated carbocycles. The maximum Gasteiger partial charge on any atom is 0.410 e. The van der Waals surface area contributed by atoms with Crippen LogP contribution in [0.3, 0.4) is 0 Å². The van der Waals surface area contributed by atoms with Crippen LogP contribution in [0.2, 0.25) is 19.6 Å². The van der Waals surface area contributed by atoms with Gasteiger partial charge >= 0.3 is 6.09 Å². The van der Waals surface area contributed by atoms with E-state index in [4.69, 9.17) is 4.74 Å². The van der Waals surface area contributed by atoms with Crippen molar-refractivity contribution in [1.82, 2.24) is 4.90 Å². The Morgan fingerprint density at radius 3 is 2.14 bits per heavy atom. The van der Waals surface area contributed by atoms with E-state index in [2.05, 4.69) is 45.3 Å². The molecule has 0 radical (unpaired) electrons. The molecule has 2 aliphatic rings. The molecule has 21 heavy (non-hydrogen) atoms. The van der Waals surface area contributed by atoms with Crippen LogP contribution in [0.4, 0.5) is 4.79 Å². The van der Waals surface area contributed by atoms with E-state index in [1.165, 1.54) is 19.3 Å². The summed E-state index contributed by atoms with van der Waals surface area (Å²) in [4.78, 5) is 15.1. The zero-order valence-corrected chi connectivity index (χ0v) is 15.8. The Bertz CT molecular complexity index is 394. The van der Waals surface area contributed by atoms with E-state index in [9.17, 15) is 4.79 Å². The first-order chi connectivity index (χ1) is 9.58. The maximum absolute atomic E-state index is 12.9. The third-order valence-corrected chi connectivity index (χ3v) is 8.30. The summed E-state index contributed by atoms with van der Waals surface area (Å²) in [7, 11) is -1.45. The molecule has 1 aliphatic heterocycles. The van der Waals surface area contributed by atoms with E-state index in [0.29, 0.717) is 0 Å². The molecule has 1 heterocycles. The number of hydrogen-bond donors (Lipinski definition) is 0. The lowest BCUT2D eigenvalue weighted by Crippen LogP contribution is -2.57. The fraction of sp³-hybridized carbons (Fsp3) is 0.941. The molecule has 0 aromatic rings. The highest BCUT2D eigenvalue weighted by molar-refractivity contribution is 6.77. The summed E-state index contributed by atoms with van der Waals surface area (Å²) in [6.45, 7) is 13.3.